The molecule has 0 fully saturated rings. The average Bonchev–Trinajstić information content (AvgIpc) is 3.14. The maximum Gasteiger partial charge on any atom is 0.446 e. The molecule has 3 aromatic rings. The van der Waals surface area contributed by atoms with Crippen LogP contribution in [-0.4, -0.2) is 11.4 Å². The Labute approximate surface area is 207 Å². The minimum Gasteiger partial charge on any atom is -0.374 e. The summed E-state index contributed by atoms with van der Waals surface area (Å²) in [5.74, 6) is -0.503. The Morgan fingerprint density at radius 1 is 0.889 bits per heavy atom. The molecule has 1 amide bonds. The van der Waals surface area contributed by atoms with Crippen molar-refractivity contribution in [2.45, 2.75) is 35.6 Å². The van der Waals surface area contributed by atoms with Gasteiger partial charge in [-0.15, -0.1) is 0 Å². The van der Waals surface area contributed by atoms with Gasteiger partial charge in [0, 0.05) is 16.6 Å². The highest BCUT2D eigenvalue weighted by Gasteiger charge is 2.37. The van der Waals surface area contributed by atoms with Gasteiger partial charge in [0.05, 0.1) is 17.3 Å². The number of rotatable bonds is 6. The molecule has 36 heavy (non-hydrogen) atoms. The molecular formula is C26H20F6N2OS. The smallest absolute Gasteiger partial charge is 0.374 e. The van der Waals surface area contributed by atoms with Crippen molar-refractivity contribution in [3.8, 4) is 0 Å². The SMILES string of the molecule is CC(NC1=C[C@H](c2cccc(SC(F)(F)F)c2)N(c2ccc(C(F)(F)F)cc2)C1=O)c1ccccc1. The Morgan fingerprint density at radius 2 is 1.56 bits per heavy atom. The lowest BCUT2D eigenvalue weighted by Crippen LogP contribution is -2.33. The van der Waals surface area contributed by atoms with Crippen LogP contribution in [0, 0.1) is 0 Å². The Bertz CT molecular complexity index is 1260. The quantitative estimate of drug-likeness (QED) is 0.267. The van der Waals surface area contributed by atoms with E-state index in [4.69, 9.17) is 0 Å². The maximum absolute atomic E-state index is 13.4. The van der Waals surface area contributed by atoms with Gasteiger partial charge in [-0.3, -0.25) is 9.69 Å². The first-order chi connectivity index (χ1) is 16.9. The van der Waals surface area contributed by atoms with Crippen LogP contribution in [-0.2, 0) is 11.0 Å². The number of hydrogen-bond acceptors (Lipinski definition) is 3. The van der Waals surface area contributed by atoms with Crippen molar-refractivity contribution in [2.24, 2.45) is 0 Å². The Morgan fingerprint density at radius 3 is 2.17 bits per heavy atom. The van der Waals surface area contributed by atoms with Gasteiger partial charge in [-0.05, 0) is 72.3 Å². The molecule has 2 atom stereocenters. The zero-order valence-corrected chi connectivity index (χ0v) is 19.6. The van der Waals surface area contributed by atoms with Crippen molar-refractivity contribution in [1.29, 1.82) is 0 Å². The molecule has 0 radical (unpaired) electrons. The molecule has 10 heteroatoms. The zero-order chi connectivity index (χ0) is 26.1. The van der Waals surface area contributed by atoms with Crippen LogP contribution in [0.15, 0.2) is 95.5 Å². The van der Waals surface area contributed by atoms with Crippen LogP contribution in [0.1, 0.15) is 35.7 Å². The highest BCUT2D eigenvalue weighted by Crippen LogP contribution is 2.41. The number of thioether (sulfide) groups is 1. The molecule has 0 spiro atoms. The molecule has 3 aromatic carbocycles. The molecule has 3 nitrogen and oxygen atoms in total. The fraction of sp³-hybridized carbons (Fsp3) is 0.192. The van der Waals surface area contributed by atoms with Crippen LogP contribution >= 0.6 is 11.8 Å². The monoisotopic (exact) mass is 522 g/mol. The second kappa shape index (κ2) is 9.93. The number of amides is 1. The van der Waals surface area contributed by atoms with E-state index in [1.165, 1.54) is 35.2 Å². The minimum absolute atomic E-state index is 0.0627. The van der Waals surface area contributed by atoms with Crippen molar-refractivity contribution >= 4 is 23.4 Å². The van der Waals surface area contributed by atoms with E-state index in [0.29, 0.717) is 5.56 Å². The standard InChI is InChI=1S/C26H20F6N2OS/c1-16(17-6-3-2-4-7-17)33-22-15-23(18-8-5-9-21(14-18)36-26(30,31)32)34(24(22)35)20-12-10-19(11-13-20)25(27,28)29/h2-16,23,33H,1H3/t16?,23-/m1/s1. The van der Waals surface area contributed by atoms with Gasteiger partial charge in [0.2, 0.25) is 0 Å². The van der Waals surface area contributed by atoms with Crippen molar-refractivity contribution in [2.75, 3.05) is 4.90 Å². The zero-order valence-electron chi connectivity index (χ0n) is 18.8. The first kappa shape index (κ1) is 25.7. The number of anilines is 1. The molecular weight excluding hydrogens is 502 g/mol. The molecule has 1 aliphatic heterocycles. The van der Waals surface area contributed by atoms with Gasteiger partial charge in [0.25, 0.3) is 5.91 Å². The number of nitrogens with one attached hydrogen (secondary N) is 1. The molecule has 0 saturated carbocycles. The van der Waals surface area contributed by atoms with Crippen molar-refractivity contribution in [3.05, 3.63) is 107 Å². The van der Waals surface area contributed by atoms with E-state index in [1.54, 1.807) is 12.1 Å². The number of benzene rings is 3. The van der Waals surface area contributed by atoms with Gasteiger partial charge in [-0.25, -0.2) is 0 Å². The van der Waals surface area contributed by atoms with Gasteiger partial charge >= 0.3 is 11.7 Å². The third kappa shape index (κ3) is 5.87. The Balaban J connectivity index is 1.71. The van der Waals surface area contributed by atoms with Crippen LogP contribution in [0.2, 0.25) is 0 Å². The van der Waals surface area contributed by atoms with E-state index in [-0.39, 0.29) is 34.1 Å². The van der Waals surface area contributed by atoms with Crippen LogP contribution < -0.4 is 10.2 Å². The molecule has 0 bridgehead atoms. The topological polar surface area (TPSA) is 32.3 Å². The summed E-state index contributed by atoms with van der Waals surface area (Å²) in [7, 11) is 0. The van der Waals surface area contributed by atoms with Gasteiger partial charge in [0.15, 0.2) is 0 Å². The number of hydrogen-bond donors (Lipinski definition) is 1. The van der Waals surface area contributed by atoms with E-state index in [0.717, 1.165) is 17.7 Å². The summed E-state index contributed by atoms with van der Waals surface area (Å²) in [4.78, 5) is 14.7. The lowest BCUT2D eigenvalue weighted by atomic mass is 10.1. The molecule has 0 saturated heterocycles. The van der Waals surface area contributed by atoms with E-state index in [1.807, 2.05) is 37.3 Å². The summed E-state index contributed by atoms with van der Waals surface area (Å²) in [6.07, 6.45) is -2.97. The normalized spacial score (nSPS) is 17.2. The largest absolute Gasteiger partial charge is 0.446 e. The molecule has 1 N–H and O–H groups in total. The average molecular weight is 523 g/mol. The van der Waals surface area contributed by atoms with Gasteiger partial charge in [-0.1, -0.05) is 42.5 Å². The fourth-order valence-electron chi connectivity index (χ4n) is 3.96. The molecule has 0 aliphatic carbocycles. The number of carbonyl (C=O) groups excluding carboxylic acids is 1. The van der Waals surface area contributed by atoms with E-state index in [9.17, 15) is 31.1 Å². The first-order valence-electron chi connectivity index (χ1n) is 10.8. The lowest BCUT2D eigenvalue weighted by molar-refractivity contribution is -0.137. The third-order valence-electron chi connectivity index (χ3n) is 5.63. The van der Waals surface area contributed by atoms with Gasteiger partial charge < -0.3 is 5.32 Å². The number of halogens is 6. The molecule has 4 rings (SSSR count). The maximum atomic E-state index is 13.4. The summed E-state index contributed by atoms with van der Waals surface area (Å²) in [5.41, 5.74) is -3.69. The number of carbonyl (C=O) groups is 1. The lowest BCUT2D eigenvalue weighted by Gasteiger charge is -2.26. The summed E-state index contributed by atoms with van der Waals surface area (Å²) >= 11 is -0.280. The highest BCUT2D eigenvalue weighted by molar-refractivity contribution is 8.00. The second-order valence-corrected chi connectivity index (χ2v) is 9.28. The molecule has 0 aromatic heterocycles. The molecule has 1 heterocycles. The second-order valence-electron chi connectivity index (χ2n) is 8.14. The van der Waals surface area contributed by atoms with Crippen molar-refractivity contribution < 1.29 is 31.1 Å². The third-order valence-corrected chi connectivity index (χ3v) is 6.35. The number of alkyl halides is 6. The van der Waals surface area contributed by atoms with E-state index < -0.39 is 29.2 Å². The number of nitrogens with zero attached hydrogens (tertiary/aromatic N) is 1. The molecule has 1 aliphatic rings. The first-order valence-corrected chi connectivity index (χ1v) is 11.6. The van der Waals surface area contributed by atoms with Crippen LogP contribution in [0.3, 0.4) is 0 Å². The van der Waals surface area contributed by atoms with Crippen LogP contribution in [0.25, 0.3) is 0 Å². The van der Waals surface area contributed by atoms with Gasteiger partial charge in [-0.2, -0.15) is 26.3 Å². The fourth-order valence-corrected chi connectivity index (χ4v) is 4.57. The summed E-state index contributed by atoms with van der Waals surface area (Å²) in [5, 5.41) is 3.14. The summed E-state index contributed by atoms with van der Waals surface area (Å²) in [6.45, 7) is 1.85. The van der Waals surface area contributed by atoms with Gasteiger partial charge in [0.1, 0.15) is 0 Å². The van der Waals surface area contributed by atoms with Crippen molar-refractivity contribution in [3.63, 3.8) is 0 Å². The minimum atomic E-state index is -4.55. The highest BCUT2D eigenvalue weighted by atomic mass is 32.2. The Kier molecular flexibility index (Phi) is 7.08. The Hall–Kier alpha value is -3.40. The molecule has 188 valence electrons. The van der Waals surface area contributed by atoms with E-state index in [2.05, 4.69) is 5.32 Å². The van der Waals surface area contributed by atoms with Crippen LogP contribution in [0.5, 0.6) is 0 Å². The summed E-state index contributed by atoms with van der Waals surface area (Å²) in [6, 6.07) is 18.0. The predicted octanol–water partition coefficient (Wildman–Crippen LogP) is 7.64. The van der Waals surface area contributed by atoms with Crippen molar-refractivity contribution in [1.82, 2.24) is 5.32 Å². The van der Waals surface area contributed by atoms with E-state index >= 15 is 0 Å². The summed E-state index contributed by atoms with van der Waals surface area (Å²) < 4.78 is 78.0. The van der Waals surface area contributed by atoms with Crippen LogP contribution in [0.4, 0.5) is 32.0 Å². The predicted molar refractivity (Wildman–Crippen MR) is 126 cm³/mol. The molecule has 1 unspecified atom stereocenters.